The van der Waals surface area contributed by atoms with Crippen molar-refractivity contribution in [1.29, 1.82) is 10.5 Å². The number of ether oxygens (including phenoxy) is 2. The SMILES string of the molecule is COc1cccc(/C=C(\C#N)C(=O)Nc2sc3c(c2C#N)CCCC3)c1OC(C)C. The van der Waals surface area contributed by atoms with Crippen LogP contribution in [0.1, 0.15) is 48.3 Å². The Hall–Kier alpha value is -3.29. The first-order valence-corrected chi connectivity index (χ1v) is 10.6. The third kappa shape index (κ3) is 4.48. The zero-order valence-corrected chi connectivity index (χ0v) is 18.1. The van der Waals surface area contributed by atoms with Crippen LogP contribution < -0.4 is 14.8 Å². The number of fused-ring (bicyclic) bond motifs is 1. The number of nitrogens with one attached hydrogen (secondary N) is 1. The Kier molecular flexibility index (Phi) is 6.76. The van der Waals surface area contributed by atoms with Gasteiger partial charge < -0.3 is 14.8 Å². The quantitative estimate of drug-likeness (QED) is 0.532. The van der Waals surface area contributed by atoms with Gasteiger partial charge in [0.15, 0.2) is 11.5 Å². The van der Waals surface area contributed by atoms with Crippen LogP contribution in [0.2, 0.25) is 0 Å². The number of aryl methyl sites for hydroxylation is 1. The van der Waals surface area contributed by atoms with Gasteiger partial charge in [-0.15, -0.1) is 11.3 Å². The molecule has 0 saturated heterocycles. The van der Waals surface area contributed by atoms with Crippen molar-refractivity contribution in [2.45, 2.75) is 45.6 Å². The number of anilines is 1. The Morgan fingerprint density at radius 2 is 2.03 bits per heavy atom. The van der Waals surface area contributed by atoms with E-state index in [4.69, 9.17) is 9.47 Å². The summed E-state index contributed by atoms with van der Waals surface area (Å²) in [6, 6.07) is 9.47. The van der Waals surface area contributed by atoms with Crippen LogP contribution in [0.15, 0.2) is 23.8 Å². The van der Waals surface area contributed by atoms with Crippen molar-refractivity contribution in [3.63, 3.8) is 0 Å². The molecule has 0 aliphatic heterocycles. The number of para-hydroxylation sites is 1. The van der Waals surface area contributed by atoms with Gasteiger partial charge >= 0.3 is 0 Å². The predicted octanol–water partition coefficient (Wildman–Crippen LogP) is 4.84. The molecule has 0 spiro atoms. The fourth-order valence-corrected chi connectivity index (χ4v) is 4.65. The van der Waals surface area contributed by atoms with Crippen molar-refractivity contribution in [2.24, 2.45) is 0 Å². The molecule has 0 saturated carbocycles. The Balaban J connectivity index is 1.93. The van der Waals surface area contributed by atoms with Crippen LogP contribution in [0.3, 0.4) is 0 Å². The Labute approximate surface area is 180 Å². The number of amides is 1. The van der Waals surface area contributed by atoms with Crippen molar-refractivity contribution in [2.75, 3.05) is 12.4 Å². The highest BCUT2D eigenvalue weighted by Crippen LogP contribution is 2.38. The van der Waals surface area contributed by atoms with E-state index in [1.165, 1.54) is 24.5 Å². The molecular weight excluding hydrogens is 398 g/mol. The second kappa shape index (κ2) is 9.47. The summed E-state index contributed by atoms with van der Waals surface area (Å²) in [6.07, 6.45) is 5.28. The number of hydrogen-bond acceptors (Lipinski definition) is 6. The first-order chi connectivity index (χ1) is 14.5. The zero-order valence-electron chi connectivity index (χ0n) is 17.2. The lowest BCUT2D eigenvalue weighted by Gasteiger charge is -2.16. The summed E-state index contributed by atoms with van der Waals surface area (Å²) in [5, 5.41) is 22.5. The van der Waals surface area contributed by atoms with E-state index in [2.05, 4.69) is 11.4 Å². The van der Waals surface area contributed by atoms with Gasteiger partial charge in [0.1, 0.15) is 22.7 Å². The van der Waals surface area contributed by atoms with Crippen molar-refractivity contribution in [1.82, 2.24) is 0 Å². The number of nitrogens with zero attached hydrogens (tertiary/aromatic N) is 2. The van der Waals surface area contributed by atoms with Crippen LogP contribution in [-0.4, -0.2) is 19.1 Å². The average molecular weight is 422 g/mol. The lowest BCUT2D eigenvalue weighted by Crippen LogP contribution is -2.14. The molecule has 1 aliphatic carbocycles. The molecule has 30 heavy (non-hydrogen) atoms. The molecule has 7 heteroatoms. The number of carbonyl (C=O) groups is 1. The van der Waals surface area contributed by atoms with Gasteiger partial charge in [-0.05, 0) is 57.2 Å². The van der Waals surface area contributed by atoms with Crippen molar-refractivity contribution in [3.05, 3.63) is 45.3 Å². The van der Waals surface area contributed by atoms with E-state index in [-0.39, 0.29) is 11.7 Å². The van der Waals surface area contributed by atoms with Crippen LogP contribution in [0.4, 0.5) is 5.00 Å². The van der Waals surface area contributed by atoms with Gasteiger partial charge in [-0.3, -0.25) is 4.79 Å². The summed E-state index contributed by atoms with van der Waals surface area (Å²) in [7, 11) is 1.54. The van der Waals surface area contributed by atoms with Gasteiger partial charge in [-0.25, -0.2) is 0 Å². The average Bonchev–Trinajstić information content (AvgIpc) is 3.09. The van der Waals surface area contributed by atoms with Crippen LogP contribution in [0.5, 0.6) is 11.5 Å². The van der Waals surface area contributed by atoms with E-state index < -0.39 is 5.91 Å². The molecule has 1 aliphatic rings. The number of thiophene rings is 1. The standard InChI is InChI=1S/C23H23N3O3S/c1-14(2)29-21-15(7-6-9-19(21)28-3)11-16(12-24)22(27)26-23-18(13-25)17-8-4-5-10-20(17)30-23/h6-7,9,11,14H,4-5,8,10H2,1-3H3,(H,26,27)/b16-11+. The monoisotopic (exact) mass is 421 g/mol. The van der Waals surface area contributed by atoms with Crippen LogP contribution >= 0.6 is 11.3 Å². The zero-order chi connectivity index (χ0) is 21.7. The molecule has 0 radical (unpaired) electrons. The maximum absolute atomic E-state index is 12.8. The molecule has 3 rings (SSSR count). The molecule has 0 fully saturated rings. The summed E-state index contributed by atoms with van der Waals surface area (Å²) < 4.78 is 11.2. The second-order valence-corrected chi connectivity index (χ2v) is 8.30. The molecule has 0 unspecified atom stereocenters. The van der Waals surface area contributed by atoms with E-state index >= 15 is 0 Å². The molecular formula is C23H23N3O3S. The van der Waals surface area contributed by atoms with Gasteiger partial charge in [0.05, 0.1) is 18.8 Å². The molecule has 1 amide bonds. The summed E-state index contributed by atoms with van der Waals surface area (Å²) in [5.41, 5.74) is 2.05. The van der Waals surface area contributed by atoms with E-state index in [1.807, 2.05) is 19.9 Å². The number of nitriles is 2. The third-order valence-corrected chi connectivity index (χ3v) is 5.97. The maximum atomic E-state index is 12.8. The molecule has 1 N–H and O–H groups in total. The van der Waals surface area contributed by atoms with Crippen molar-refractivity contribution in [3.8, 4) is 23.6 Å². The highest BCUT2D eigenvalue weighted by Gasteiger charge is 2.23. The number of rotatable bonds is 6. The van der Waals surface area contributed by atoms with Gasteiger partial charge in [0.25, 0.3) is 5.91 Å². The van der Waals surface area contributed by atoms with Gasteiger partial charge in [0, 0.05) is 10.4 Å². The Morgan fingerprint density at radius 3 is 2.70 bits per heavy atom. The van der Waals surface area contributed by atoms with E-state index in [0.29, 0.717) is 27.6 Å². The molecule has 2 aromatic rings. The maximum Gasteiger partial charge on any atom is 0.266 e. The molecule has 154 valence electrons. The fourth-order valence-electron chi connectivity index (χ4n) is 3.42. The molecule has 0 atom stereocenters. The highest BCUT2D eigenvalue weighted by molar-refractivity contribution is 7.16. The highest BCUT2D eigenvalue weighted by atomic mass is 32.1. The van der Waals surface area contributed by atoms with E-state index in [0.717, 1.165) is 36.1 Å². The first kappa shape index (κ1) is 21.4. The predicted molar refractivity (Wildman–Crippen MR) is 117 cm³/mol. The first-order valence-electron chi connectivity index (χ1n) is 9.79. The van der Waals surface area contributed by atoms with Gasteiger partial charge in [-0.1, -0.05) is 12.1 Å². The Bertz CT molecular complexity index is 1070. The van der Waals surface area contributed by atoms with Crippen LogP contribution in [0.25, 0.3) is 6.08 Å². The smallest absolute Gasteiger partial charge is 0.266 e. The van der Waals surface area contributed by atoms with Crippen molar-refractivity contribution < 1.29 is 14.3 Å². The normalized spacial score (nSPS) is 13.2. The summed E-state index contributed by atoms with van der Waals surface area (Å²) >= 11 is 1.43. The second-order valence-electron chi connectivity index (χ2n) is 7.20. The number of hydrogen-bond donors (Lipinski definition) is 1. The number of benzene rings is 1. The van der Waals surface area contributed by atoms with Gasteiger partial charge in [0.2, 0.25) is 0 Å². The third-order valence-electron chi connectivity index (χ3n) is 4.76. The molecule has 1 aromatic heterocycles. The van der Waals surface area contributed by atoms with Crippen molar-refractivity contribution >= 4 is 28.3 Å². The Morgan fingerprint density at radius 1 is 1.27 bits per heavy atom. The van der Waals surface area contributed by atoms with E-state index in [9.17, 15) is 15.3 Å². The minimum atomic E-state index is -0.550. The van der Waals surface area contributed by atoms with Crippen LogP contribution in [-0.2, 0) is 17.6 Å². The topological polar surface area (TPSA) is 95.1 Å². The number of methoxy groups -OCH3 is 1. The summed E-state index contributed by atoms with van der Waals surface area (Å²) in [5.74, 6) is 0.443. The lowest BCUT2D eigenvalue weighted by molar-refractivity contribution is -0.112. The summed E-state index contributed by atoms with van der Waals surface area (Å²) in [6.45, 7) is 3.78. The molecule has 6 nitrogen and oxygen atoms in total. The fraction of sp³-hybridized carbons (Fsp3) is 0.348. The van der Waals surface area contributed by atoms with E-state index in [1.54, 1.807) is 18.2 Å². The largest absolute Gasteiger partial charge is 0.493 e. The number of carbonyl (C=O) groups excluding carboxylic acids is 1. The van der Waals surface area contributed by atoms with Gasteiger partial charge in [-0.2, -0.15) is 10.5 Å². The minimum absolute atomic E-state index is 0.0767. The minimum Gasteiger partial charge on any atom is -0.493 e. The summed E-state index contributed by atoms with van der Waals surface area (Å²) in [4.78, 5) is 14.0. The molecule has 0 bridgehead atoms. The van der Waals surface area contributed by atoms with Crippen LogP contribution in [0, 0.1) is 22.7 Å². The lowest BCUT2D eigenvalue weighted by atomic mass is 9.96. The molecule has 1 aromatic carbocycles. The molecule has 1 heterocycles.